The number of hydrogen-bond donors (Lipinski definition) is 1. The lowest BCUT2D eigenvalue weighted by Crippen LogP contribution is -2.57. The van der Waals surface area contributed by atoms with Gasteiger partial charge in [-0.1, -0.05) is 54.4 Å². The maximum Gasteiger partial charge on any atom is 0.331 e. The lowest BCUT2D eigenvalue weighted by atomic mass is 10.1. The summed E-state index contributed by atoms with van der Waals surface area (Å²) in [4.78, 5) is 40.7. The monoisotopic (exact) mass is 406 g/mol. The standard InChI is InChI=1S/C23H22N2O3S/c1-15-6-10-18(11-7-15)29-19-12-8-16(9-13-19)14-20-21(26)24-23(28)25(22(20)27)17-4-2-3-5-17/h6-14,17H,2-5H2,1H3,(H,24,26,28)/b20-14+. The highest BCUT2D eigenvalue weighted by atomic mass is 32.2. The molecular weight excluding hydrogens is 384 g/mol. The Morgan fingerprint density at radius 2 is 1.52 bits per heavy atom. The second kappa shape index (κ2) is 8.25. The van der Waals surface area contributed by atoms with Crippen LogP contribution in [0.3, 0.4) is 0 Å². The summed E-state index contributed by atoms with van der Waals surface area (Å²) in [6.07, 6.45) is 5.15. The highest BCUT2D eigenvalue weighted by Gasteiger charge is 2.40. The third-order valence-electron chi connectivity index (χ3n) is 5.27. The van der Waals surface area contributed by atoms with Crippen LogP contribution >= 0.6 is 11.8 Å². The van der Waals surface area contributed by atoms with Crippen LogP contribution in [0.25, 0.3) is 6.08 Å². The van der Waals surface area contributed by atoms with Crippen LogP contribution in [0.15, 0.2) is 63.9 Å². The fraction of sp³-hybridized carbons (Fsp3) is 0.261. The predicted molar refractivity (Wildman–Crippen MR) is 112 cm³/mol. The number of hydrogen-bond acceptors (Lipinski definition) is 4. The predicted octanol–water partition coefficient (Wildman–Crippen LogP) is 4.55. The molecule has 6 heteroatoms. The normalized spacial score (nSPS) is 19.1. The third-order valence-corrected chi connectivity index (χ3v) is 6.29. The van der Waals surface area contributed by atoms with Crippen LogP contribution in [0.1, 0.15) is 36.8 Å². The summed E-state index contributed by atoms with van der Waals surface area (Å²) in [5, 5.41) is 2.31. The van der Waals surface area contributed by atoms with Gasteiger partial charge >= 0.3 is 6.03 Å². The zero-order valence-corrected chi connectivity index (χ0v) is 17.0. The number of rotatable bonds is 4. The van der Waals surface area contributed by atoms with Gasteiger partial charge in [-0.3, -0.25) is 19.8 Å². The maximum absolute atomic E-state index is 12.8. The van der Waals surface area contributed by atoms with Crippen molar-refractivity contribution in [1.82, 2.24) is 10.2 Å². The van der Waals surface area contributed by atoms with Crippen molar-refractivity contribution in [3.05, 3.63) is 65.2 Å². The van der Waals surface area contributed by atoms with Crippen molar-refractivity contribution >= 4 is 35.7 Å². The van der Waals surface area contributed by atoms with E-state index in [0.29, 0.717) is 0 Å². The Bertz CT molecular complexity index is 974. The highest BCUT2D eigenvalue weighted by molar-refractivity contribution is 7.99. The number of amides is 4. The van der Waals surface area contributed by atoms with Gasteiger partial charge in [-0.05, 0) is 55.7 Å². The lowest BCUT2D eigenvalue weighted by molar-refractivity contribution is -0.131. The molecule has 0 unspecified atom stereocenters. The third kappa shape index (κ3) is 4.27. The van der Waals surface area contributed by atoms with Gasteiger partial charge in [-0.2, -0.15) is 0 Å². The summed E-state index contributed by atoms with van der Waals surface area (Å²) in [6.45, 7) is 2.06. The number of imide groups is 2. The molecule has 1 saturated carbocycles. The Labute approximate surface area is 174 Å². The molecule has 148 valence electrons. The van der Waals surface area contributed by atoms with E-state index in [2.05, 4.69) is 36.5 Å². The molecule has 2 aromatic rings. The van der Waals surface area contributed by atoms with E-state index in [1.54, 1.807) is 17.8 Å². The van der Waals surface area contributed by atoms with E-state index in [-0.39, 0.29) is 11.6 Å². The molecule has 2 aliphatic rings. The smallest absolute Gasteiger partial charge is 0.273 e. The number of carbonyl (C=O) groups is 3. The molecule has 4 amide bonds. The van der Waals surface area contributed by atoms with Crippen LogP contribution in [-0.4, -0.2) is 28.8 Å². The maximum atomic E-state index is 12.8. The first-order valence-electron chi connectivity index (χ1n) is 9.76. The number of urea groups is 1. The fourth-order valence-electron chi connectivity index (χ4n) is 3.71. The van der Waals surface area contributed by atoms with Gasteiger partial charge in [0.05, 0.1) is 0 Å². The van der Waals surface area contributed by atoms with Gasteiger partial charge in [0.2, 0.25) is 0 Å². The molecule has 0 aromatic heterocycles. The molecule has 0 spiro atoms. The van der Waals surface area contributed by atoms with Crippen molar-refractivity contribution in [3.63, 3.8) is 0 Å². The SMILES string of the molecule is Cc1ccc(Sc2ccc(/C=C3\C(=O)NC(=O)N(C4CCCC4)C3=O)cc2)cc1. The van der Waals surface area contributed by atoms with Crippen LogP contribution in [0, 0.1) is 6.92 Å². The Kier molecular flexibility index (Phi) is 5.53. The largest absolute Gasteiger partial charge is 0.331 e. The van der Waals surface area contributed by atoms with Crippen LogP contribution in [0.4, 0.5) is 4.79 Å². The summed E-state index contributed by atoms with van der Waals surface area (Å²) in [6, 6.07) is 15.3. The Morgan fingerprint density at radius 1 is 0.931 bits per heavy atom. The van der Waals surface area contributed by atoms with E-state index in [0.717, 1.165) is 41.0 Å². The summed E-state index contributed by atoms with van der Waals surface area (Å²) in [7, 11) is 0. The minimum absolute atomic E-state index is 0.00966. The van der Waals surface area contributed by atoms with Crippen LogP contribution in [0.2, 0.25) is 0 Å². The number of aryl methyl sites for hydroxylation is 1. The molecule has 2 aromatic carbocycles. The van der Waals surface area contributed by atoms with Gasteiger partial charge in [0.1, 0.15) is 5.57 Å². The van der Waals surface area contributed by atoms with Gasteiger partial charge in [0.15, 0.2) is 0 Å². The van der Waals surface area contributed by atoms with E-state index in [1.165, 1.54) is 10.5 Å². The number of nitrogens with one attached hydrogen (secondary N) is 1. The minimum atomic E-state index is -0.632. The molecule has 2 fully saturated rings. The first-order valence-corrected chi connectivity index (χ1v) is 10.6. The summed E-state index contributed by atoms with van der Waals surface area (Å²) >= 11 is 1.65. The van der Waals surface area contributed by atoms with Gasteiger partial charge in [-0.25, -0.2) is 4.79 Å². The first-order chi connectivity index (χ1) is 14.0. The average molecular weight is 407 g/mol. The van der Waals surface area contributed by atoms with Gasteiger partial charge in [0, 0.05) is 15.8 Å². The quantitative estimate of drug-likeness (QED) is 0.597. The van der Waals surface area contributed by atoms with E-state index in [4.69, 9.17) is 0 Å². The van der Waals surface area contributed by atoms with E-state index < -0.39 is 17.8 Å². The molecular formula is C23H22N2O3S. The highest BCUT2D eigenvalue weighted by Crippen LogP contribution is 2.29. The van der Waals surface area contributed by atoms with Gasteiger partial charge < -0.3 is 0 Å². The second-order valence-electron chi connectivity index (χ2n) is 7.41. The van der Waals surface area contributed by atoms with E-state index in [1.807, 2.05) is 24.3 Å². The number of carbonyl (C=O) groups excluding carboxylic acids is 3. The Balaban J connectivity index is 1.52. The van der Waals surface area contributed by atoms with Crippen molar-refractivity contribution in [3.8, 4) is 0 Å². The Morgan fingerprint density at radius 3 is 2.14 bits per heavy atom. The second-order valence-corrected chi connectivity index (χ2v) is 8.56. The summed E-state index contributed by atoms with van der Waals surface area (Å²) in [5.74, 6) is -1.13. The molecule has 0 atom stereocenters. The molecule has 4 rings (SSSR count). The van der Waals surface area contributed by atoms with Crippen LogP contribution in [0.5, 0.6) is 0 Å². The minimum Gasteiger partial charge on any atom is -0.273 e. The lowest BCUT2D eigenvalue weighted by Gasteiger charge is -2.31. The molecule has 1 saturated heterocycles. The van der Waals surface area contributed by atoms with Crippen LogP contribution < -0.4 is 5.32 Å². The van der Waals surface area contributed by atoms with Crippen molar-refractivity contribution < 1.29 is 14.4 Å². The van der Waals surface area contributed by atoms with Crippen LogP contribution in [-0.2, 0) is 9.59 Å². The molecule has 1 heterocycles. The Hall–Kier alpha value is -2.86. The molecule has 1 aliphatic heterocycles. The van der Waals surface area contributed by atoms with Crippen molar-refractivity contribution in [2.24, 2.45) is 0 Å². The number of nitrogens with zero attached hydrogens (tertiary/aromatic N) is 1. The average Bonchev–Trinajstić information content (AvgIpc) is 3.22. The molecule has 5 nitrogen and oxygen atoms in total. The fourth-order valence-corrected chi connectivity index (χ4v) is 4.52. The molecule has 29 heavy (non-hydrogen) atoms. The van der Waals surface area contributed by atoms with E-state index in [9.17, 15) is 14.4 Å². The van der Waals surface area contributed by atoms with Crippen molar-refractivity contribution in [2.45, 2.75) is 48.4 Å². The van der Waals surface area contributed by atoms with Crippen molar-refractivity contribution in [1.29, 1.82) is 0 Å². The molecule has 0 bridgehead atoms. The summed E-state index contributed by atoms with van der Waals surface area (Å²) in [5.41, 5.74) is 1.98. The first kappa shape index (κ1) is 19.5. The number of barbiturate groups is 1. The topological polar surface area (TPSA) is 66.5 Å². The van der Waals surface area contributed by atoms with Gasteiger partial charge in [-0.15, -0.1) is 0 Å². The van der Waals surface area contributed by atoms with Gasteiger partial charge in [0.25, 0.3) is 11.8 Å². The molecule has 1 aliphatic carbocycles. The molecule has 1 N–H and O–H groups in total. The zero-order chi connectivity index (χ0) is 20.4. The summed E-state index contributed by atoms with van der Waals surface area (Å²) < 4.78 is 0. The van der Waals surface area contributed by atoms with Crippen molar-refractivity contribution in [2.75, 3.05) is 0 Å². The molecule has 0 radical (unpaired) electrons. The van der Waals surface area contributed by atoms with E-state index >= 15 is 0 Å². The zero-order valence-electron chi connectivity index (χ0n) is 16.2. The number of benzene rings is 2.